The first-order valence-corrected chi connectivity index (χ1v) is 8.18. The van der Waals surface area contributed by atoms with Crippen LogP contribution in [0.1, 0.15) is 11.1 Å². The van der Waals surface area contributed by atoms with Crippen molar-refractivity contribution < 1.29 is 0 Å². The van der Waals surface area contributed by atoms with Gasteiger partial charge < -0.3 is 0 Å². The van der Waals surface area contributed by atoms with Crippen LogP contribution < -0.4 is 11.2 Å². The van der Waals surface area contributed by atoms with Gasteiger partial charge in [-0.25, -0.2) is 4.79 Å². The molecule has 0 aliphatic carbocycles. The Balaban J connectivity index is 2.81. The van der Waals surface area contributed by atoms with Gasteiger partial charge >= 0.3 is 5.69 Å². The number of rotatable bonds is 3. The summed E-state index contributed by atoms with van der Waals surface area (Å²) in [6, 6.07) is 8.86. The predicted octanol–water partition coefficient (Wildman–Crippen LogP) is 3.16. The van der Waals surface area contributed by atoms with Crippen molar-refractivity contribution in [3.8, 4) is 11.8 Å². The summed E-state index contributed by atoms with van der Waals surface area (Å²) < 4.78 is 0.391. The zero-order valence-corrected chi connectivity index (χ0v) is 15.0. The normalized spacial score (nSPS) is 11.2. The molecule has 0 saturated heterocycles. The molecule has 114 valence electrons. The van der Waals surface area contributed by atoms with E-state index in [2.05, 4.69) is 15.9 Å². The molecule has 2 aromatic rings. The lowest BCUT2D eigenvalue weighted by Crippen LogP contribution is -2.38. The topological polar surface area (TPSA) is 67.8 Å². The highest BCUT2D eigenvalue weighted by Gasteiger charge is 2.25. The fourth-order valence-corrected chi connectivity index (χ4v) is 3.20. The van der Waals surface area contributed by atoms with E-state index in [0.717, 1.165) is 9.54 Å². The molecular weight excluding hydrogens is 413 g/mol. The molecule has 5 nitrogen and oxygen atoms in total. The van der Waals surface area contributed by atoms with Gasteiger partial charge in [0.25, 0.3) is 5.56 Å². The molecule has 0 saturated carbocycles. The standard InChI is InChI=1S/C13H8BrCl2N3O2S/c1-8-4-2-3-5-10(8)18-7-9(6-17)11(20)19(12(18)21)22-13(14,15)16/h2-5,7H,1H3. The Morgan fingerprint density at radius 2 is 1.95 bits per heavy atom. The highest BCUT2D eigenvalue weighted by Crippen LogP contribution is 2.40. The summed E-state index contributed by atoms with van der Waals surface area (Å²) in [5, 5.41) is 9.11. The van der Waals surface area contributed by atoms with E-state index in [9.17, 15) is 9.59 Å². The van der Waals surface area contributed by atoms with Gasteiger partial charge in [0, 0.05) is 18.1 Å². The average Bonchev–Trinajstić information content (AvgIpc) is 2.44. The second kappa shape index (κ2) is 6.50. The molecule has 0 spiro atoms. The molecule has 9 heteroatoms. The van der Waals surface area contributed by atoms with Gasteiger partial charge in [0.15, 0.2) is 0 Å². The van der Waals surface area contributed by atoms with Crippen LogP contribution in [0.4, 0.5) is 0 Å². The minimum atomic E-state index is -1.58. The molecule has 0 fully saturated rings. The molecule has 0 atom stereocenters. The van der Waals surface area contributed by atoms with Crippen molar-refractivity contribution in [3.63, 3.8) is 0 Å². The molecule has 1 heterocycles. The Labute approximate surface area is 148 Å². The second-order valence-electron chi connectivity index (χ2n) is 4.23. The smallest absolute Gasteiger partial charge is 0.267 e. The van der Waals surface area contributed by atoms with Gasteiger partial charge in [-0.2, -0.15) is 9.23 Å². The molecule has 0 N–H and O–H groups in total. The van der Waals surface area contributed by atoms with Crippen LogP contribution in [0, 0.1) is 18.3 Å². The van der Waals surface area contributed by atoms with Gasteiger partial charge in [-0.1, -0.05) is 41.4 Å². The van der Waals surface area contributed by atoms with Gasteiger partial charge in [-0.15, -0.1) is 0 Å². The van der Waals surface area contributed by atoms with Crippen molar-refractivity contribution in [3.05, 3.63) is 62.4 Å². The number of hydrogen-bond acceptors (Lipinski definition) is 4. The van der Waals surface area contributed by atoms with E-state index in [1.54, 1.807) is 18.2 Å². The maximum absolute atomic E-state index is 12.5. The zero-order valence-electron chi connectivity index (χ0n) is 11.1. The van der Waals surface area contributed by atoms with E-state index in [0.29, 0.717) is 17.6 Å². The summed E-state index contributed by atoms with van der Waals surface area (Å²) >= 11 is 15.1. The summed E-state index contributed by atoms with van der Waals surface area (Å²) in [5.41, 5.74) is -0.255. The number of halogens is 3. The van der Waals surface area contributed by atoms with Crippen LogP contribution in [0.25, 0.3) is 5.69 Å². The van der Waals surface area contributed by atoms with E-state index in [4.69, 9.17) is 28.5 Å². The lowest BCUT2D eigenvalue weighted by molar-refractivity contribution is 0.853. The number of alkyl halides is 3. The maximum Gasteiger partial charge on any atom is 0.346 e. The Morgan fingerprint density at radius 3 is 2.50 bits per heavy atom. The molecule has 0 radical (unpaired) electrons. The van der Waals surface area contributed by atoms with Gasteiger partial charge in [-0.3, -0.25) is 9.36 Å². The van der Waals surface area contributed by atoms with Crippen molar-refractivity contribution in [2.75, 3.05) is 0 Å². The number of para-hydroxylation sites is 1. The van der Waals surface area contributed by atoms with Crippen LogP contribution in [0.3, 0.4) is 0 Å². The van der Waals surface area contributed by atoms with Crippen LogP contribution in [0.15, 0.2) is 40.1 Å². The fourth-order valence-electron chi connectivity index (χ4n) is 1.80. The van der Waals surface area contributed by atoms with Crippen LogP contribution in [0.2, 0.25) is 0 Å². The van der Waals surface area contributed by atoms with Crippen LogP contribution >= 0.6 is 51.1 Å². The average molecular weight is 421 g/mol. The number of nitrogens with zero attached hydrogens (tertiary/aromatic N) is 3. The molecule has 22 heavy (non-hydrogen) atoms. The molecule has 0 amide bonds. The van der Waals surface area contributed by atoms with Crippen molar-refractivity contribution in [2.45, 2.75) is 9.50 Å². The van der Waals surface area contributed by atoms with Gasteiger partial charge in [0.2, 0.25) is 2.57 Å². The van der Waals surface area contributed by atoms with Crippen LogP contribution in [-0.4, -0.2) is 11.1 Å². The number of nitriles is 1. The third-order valence-electron chi connectivity index (χ3n) is 2.74. The Kier molecular flexibility index (Phi) is 5.07. The highest BCUT2D eigenvalue weighted by atomic mass is 79.9. The van der Waals surface area contributed by atoms with E-state index in [1.807, 2.05) is 19.1 Å². The molecular formula is C13H8BrCl2N3O2S. The molecule has 2 rings (SSSR count). The largest absolute Gasteiger partial charge is 0.346 e. The fraction of sp³-hybridized carbons (Fsp3) is 0.154. The number of aryl methyl sites for hydroxylation is 1. The maximum atomic E-state index is 12.5. The SMILES string of the molecule is Cc1ccccc1-n1cc(C#N)c(=O)n(SC(Cl)(Cl)Br)c1=O. The summed E-state index contributed by atoms with van der Waals surface area (Å²) in [4.78, 5) is 24.7. The van der Waals surface area contributed by atoms with Gasteiger partial charge in [0.05, 0.1) is 5.69 Å². The third kappa shape index (κ3) is 3.58. The van der Waals surface area contributed by atoms with Crippen LogP contribution in [-0.2, 0) is 0 Å². The van der Waals surface area contributed by atoms with E-state index < -0.39 is 13.8 Å². The number of benzene rings is 1. The van der Waals surface area contributed by atoms with Crippen molar-refractivity contribution in [2.24, 2.45) is 0 Å². The first kappa shape index (κ1) is 17.2. The minimum Gasteiger partial charge on any atom is -0.267 e. The van der Waals surface area contributed by atoms with Crippen LogP contribution in [0.5, 0.6) is 0 Å². The Hall–Kier alpha value is -1.20. The Morgan fingerprint density at radius 1 is 1.32 bits per heavy atom. The van der Waals surface area contributed by atoms with E-state index in [1.165, 1.54) is 10.8 Å². The lowest BCUT2D eigenvalue weighted by Gasteiger charge is -2.15. The monoisotopic (exact) mass is 419 g/mol. The summed E-state index contributed by atoms with van der Waals surface area (Å²) in [7, 11) is 0. The van der Waals surface area contributed by atoms with Gasteiger partial charge in [0.1, 0.15) is 11.6 Å². The Bertz CT molecular complexity index is 881. The highest BCUT2D eigenvalue weighted by molar-refractivity contribution is 9.13. The molecule has 1 aromatic heterocycles. The summed E-state index contributed by atoms with van der Waals surface area (Å²) in [6.07, 6.45) is 1.21. The van der Waals surface area contributed by atoms with Gasteiger partial charge in [-0.05, 0) is 34.5 Å². The zero-order chi connectivity index (χ0) is 16.5. The lowest BCUT2D eigenvalue weighted by atomic mass is 10.2. The second-order valence-corrected chi connectivity index (χ2v) is 9.79. The van der Waals surface area contributed by atoms with Crippen molar-refractivity contribution in [1.82, 2.24) is 8.54 Å². The van der Waals surface area contributed by atoms with E-state index >= 15 is 0 Å². The predicted molar refractivity (Wildman–Crippen MR) is 92.1 cm³/mol. The third-order valence-corrected chi connectivity index (χ3v) is 4.30. The first-order chi connectivity index (χ1) is 10.2. The number of aromatic nitrogens is 2. The molecule has 0 unspecified atom stereocenters. The first-order valence-electron chi connectivity index (χ1n) is 5.85. The molecule has 0 bridgehead atoms. The van der Waals surface area contributed by atoms with E-state index in [-0.39, 0.29) is 5.56 Å². The quantitative estimate of drug-likeness (QED) is 0.715. The van der Waals surface area contributed by atoms with Crippen molar-refractivity contribution >= 4 is 51.1 Å². The molecule has 0 aliphatic rings. The van der Waals surface area contributed by atoms with Crippen molar-refractivity contribution in [1.29, 1.82) is 5.26 Å². The molecule has 1 aromatic carbocycles. The summed E-state index contributed by atoms with van der Waals surface area (Å²) in [5.74, 6) is 0. The summed E-state index contributed by atoms with van der Waals surface area (Å²) in [6.45, 7) is 1.81. The minimum absolute atomic E-state index is 0.194. The molecule has 0 aliphatic heterocycles. The number of hydrogen-bond donors (Lipinski definition) is 0.